The Kier molecular flexibility index (Phi) is 8.71. The third kappa shape index (κ3) is 5.89. The number of hydrogen-bond acceptors (Lipinski definition) is 12. The number of amides is 2. The van der Waals surface area contributed by atoms with E-state index in [9.17, 15) is 19.2 Å². The largest absolute Gasteiger partial charge is 0.468 e. The van der Waals surface area contributed by atoms with Gasteiger partial charge in [0.1, 0.15) is 0 Å². The van der Waals surface area contributed by atoms with Crippen LogP contribution in [0, 0.1) is 0 Å². The fraction of sp³-hybridized carbons (Fsp3) is 0.389. The summed E-state index contributed by atoms with van der Waals surface area (Å²) >= 11 is 2.83. The van der Waals surface area contributed by atoms with Crippen LogP contribution in [0.15, 0.2) is 36.4 Å². The van der Waals surface area contributed by atoms with E-state index < -0.39 is 0 Å². The molecule has 0 fully saturated rings. The van der Waals surface area contributed by atoms with E-state index >= 15 is 0 Å². The van der Waals surface area contributed by atoms with Crippen LogP contribution in [0.1, 0.15) is 51.9 Å². The Labute approximate surface area is 297 Å². The summed E-state index contributed by atoms with van der Waals surface area (Å²) in [5.41, 5.74) is 8.06. The van der Waals surface area contributed by atoms with Crippen LogP contribution < -0.4 is 9.80 Å². The smallest absolute Gasteiger partial charge is 0.319 e. The summed E-state index contributed by atoms with van der Waals surface area (Å²) in [7, 11) is 2.78. The summed E-state index contributed by atoms with van der Waals surface area (Å²) in [4.78, 5) is 70.6. The molecule has 8 rings (SSSR count). The Hall–Kier alpha value is -4.50. The quantitative estimate of drug-likeness (QED) is 0.262. The molecule has 2 aromatic carbocycles. The lowest BCUT2D eigenvalue weighted by atomic mass is 9.93. The van der Waals surface area contributed by atoms with Gasteiger partial charge in [-0.2, -0.15) is 0 Å². The van der Waals surface area contributed by atoms with Gasteiger partial charge in [0.25, 0.3) is 11.8 Å². The first kappa shape index (κ1) is 32.7. The van der Waals surface area contributed by atoms with E-state index in [2.05, 4.69) is 12.1 Å². The number of carbonyl (C=O) groups is 4. The number of nitrogens with zero attached hydrogens (tertiary/aromatic N) is 6. The number of benzene rings is 2. The lowest BCUT2D eigenvalue weighted by Crippen LogP contribution is -2.34. The molecule has 0 unspecified atom stereocenters. The molecule has 0 N–H and O–H groups in total. The van der Waals surface area contributed by atoms with Gasteiger partial charge < -0.3 is 19.3 Å². The number of fused-ring (bicyclic) bond motifs is 4. The van der Waals surface area contributed by atoms with Gasteiger partial charge in [-0.15, -0.1) is 22.7 Å². The van der Waals surface area contributed by atoms with E-state index in [0.29, 0.717) is 62.1 Å². The maximum Gasteiger partial charge on any atom is 0.319 e. The van der Waals surface area contributed by atoms with Gasteiger partial charge in [-0.25, -0.2) is 9.97 Å². The van der Waals surface area contributed by atoms with E-state index in [1.54, 1.807) is 0 Å². The molecule has 14 heteroatoms. The van der Waals surface area contributed by atoms with Crippen molar-refractivity contribution in [2.45, 2.75) is 38.8 Å². The first-order chi connectivity index (χ1) is 24.3. The standard InChI is InChI=1S/C36H36N6O6S2/c1-47-31(43)19-39-13-11-25-29(17-39)49-33(37-25)35(45)41-15-9-23-21(5-3-7-27(23)41)22-6-4-8-28-24(22)10-16-42(28)36(46)34-38-26-12-14-40(18-30(26)50-34)20-32(44)48-2/h3-8H,9-20H2,1-2H3. The van der Waals surface area contributed by atoms with E-state index in [4.69, 9.17) is 19.4 Å². The highest BCUT2D eigenvalue weighted by Crippen LogP contribution is 2.43. The van der Waals surface area contributed by atoms with Gasteiger partial charge in [-0.05, 0) is 47.2 Å². The maximum absolute atomic E-state index is 13.9. The topological polar surface area (TPSA) is 125 Å². The average Bonchev–Trinajstić information content (AvgIpc) is 3.94. The van der Waals surface area contributed by atoms with Crippen molar-refractivity contribution >= 4 is 57.8 Å². The molecule has 6 heterocycles. The predicted molar refractivity (Wildman–Crippen MR) is 189 cm³/mol. The lowest BCUT2D eigenvalue weighted by Gasteiger charge is -2.24. The normalized spacial score (nSPS) is 16.8. The van der Waals surface area contributed by atoms with Gasteiger partial charge >= 0.3 is 11.9 Å². The number of ether oxygens (including phenoxy) is 2. The molecule has 4 aliphatic heterocycles. The van der Waals surface area contributed by atoms with Crippen molar-refractivity contribution in [1.82, 2.24) is 19.8 Å². The first-order valence-corrected chi connectivity index (χ1v) is 18.4. The lowest BCUT2D eigenvalue weighted by molar-refractivity contribution is -0.143. The van der Waals surface area contributed by atoms with Gasteiger partial charge in [0, 0.05) is 73.2 Å². The fourth-order valence-corrected chi connectivity index (χ4v) is 9.67. The van der Waals surface area contributed by atoms with Crippen LogP contribution in [0.3, 0.4) is 0 Å². The molecule has 0 bridgehead atoms. The zero-order chi connectivity index (χ0) is 34.5. The Balaban J connectivity index is 1.01. The minimum Gasteiger partial charge on any atom is -0.468 e. The van der Waals surface area contributed by atoms with Gasteiger partial charge in [-0.1, -0.05) is 24.3 Å². The van der Waals surface area contributed by atoms with E-state index in [-0.39, 0.29) is 36.8 Å². The van der Waals surface area contributed by atoms with Crippen LogP contribution in [0.25, 0.3) is 11.1 Å². The highest BCUT2D eigenvalue weighted by Gasteiger charge is 2.35. The van der Waals surface area contributed by atoms with Gasteiger partial charge in [0.05, 0.1) is 38.7 Å². The number of anilines is 2. The Morgan fingerprint density at radius 1 is 0.640 bits per heavy atom. The predicted octanol–water partition coefficient (Wildman–Crippen LogP) is 3.73. The molecule has 0 radical (unpaired) electrons. The molecular weight excluding hydrogens is 677 g/mol. The third-order valence-electron chi connectivity index (χ3n) is 9.98. The van der Waals surface area contributed by atoms with Crippen LogP contribution in [0.2, 0.25) is 0 Å². The van der Waals surface area contributed by atoms with E-state index in [1.165, 1.54) is 36.9 Å². The maximum atomic E-state index is 13.9. The minimum absolute atomic E-state index is 0.102. The second-order valence-electron chi connectivity index (χ2n) is 12.9. The average molecular weight is 713 g/mol. The Bertz CT molecular complexity index is 1900. The van der Waals surface area contributed by atoms with Crippen LogP contribution >= 0.6 is 22.7 Å². The van der Waals surface area contributed by atoms with Crippen molar-refractivity contribution in [1.29, 1.82) is 0 Å². The van der Waals surface area contributed by atoms with Gasteiger partial charge in [0.15, 0.2) is 10.0 Å². The molecule has 50 heavy (non-hydrogen) atoms. The Morgan fingerprint density at radius 3 is 1.50 bits per heavy atom. The number of carbonyl (C=O) groups excluding carboxylic acids is 4. The molecule has 0 aliphatic carbocycles. The summed E-state index contributed by atoms with van der Waals surface area (Å²) in [6.07, 6.45) is 2.82. The SMILES string of the molecule is COC(=O)CN1CCc2nc(C(=O)N3CCc4c(-c5cccc6c5CCN6C(=O)c5nc6c(s5)CN(CC(=O)OC)CC6)cccc43)sc2C1. The van der Waals surface area contributed by atoms with Gasteiger partial charge in [0.2, 0.25) is 0 Å². The molecule has 2 aromatic heterocycles. The number of hydrogen-bond donors (Lipinski definition) is 0. The molecule has 4 aromatic rings. The van der Waals surface area contributed by atoms with Crippen LogP contribution in [-0.2, 0) is 57.8 Å². The van der Waals surface area contributed by atoms with Crippen molar-refractivity contribution in [3.8, 4) is 11.1 Å². The van der Waals surface area contributed by atoms with Crippen molar-refractivity contribution in [3.63, 3.8) is 0 Å². The molecule has 0 saturated heterocycles. The van der Waals surface area contributed by atoms with E-state index in [1.807, 2.05) is 43.9 Å². The fourth-order valence-electron chi connectivity index (χ4n) is 7.47. The van der Waals surface area contributed by atoms with Crippen molar-refractivity contribution < 1.29 is 28.7 Å². The number of methoxy groups -OCH3 is 2. The second kappa shape index (κ2) is 13.3. The Morgan fingerprint density at radius 2 is 1.08 bits per heavy atom. The number of aromatic nitrogens is 2. The summed E-state index contributed by atoms with van der Waals surface area (Å²) in [6, 6.07) is 12.2. The molecule has 0 spiro atoms. The van der Waals surface area contributed by atoms with Crippen molar-refractivity contribution in [2.75, 3.05) is 63.3 Å². The molecule has 258 valence electrons. The molecule has 12 nitrogen and oxygen atoms in total. The van der Waals surface area contributed by atoms with Crippen molar-refractivity contribution in [3.05, 3.63) is 78.7 Å². The van der Waals surface area contributed by atoms with Crippen LogP contribution in [0.5, 0.6) is 0 Å². The first-order valence-electron chi connectivity index (χ1n) is 16.7. The summed E-state index contributed by atoms with van der Waals surface area (Å²) in [5, 5.41) is 0.950. The monoisotopic (exact) mass is 712 g/mol. The molecule has 0 saturated carbocycles. The summed E-state index contributed by atoms with van der Waals surface area (Å²) in [5.74, 6) is -0.749. The molecule has 2 amide bonds. The van der Waals surface area contributed by atoms with Gasteiger partial charge in [-0.3, -0.25) is 29.0 Å². The number of thiazole rings is 2. The zero-order valence-electron chi connectivity index (χ0n) is 27.9. The molecule has 4 aliphatic rings. The minimum atomic E-state index is -0.272. The number of rotatable bonds is 7. The van der Waals surface area contributed by atoms with E-state index in [0.717, 1.165) is 67.6 Å². The highest BCUT2D eigenvalue weighted by molar-refractivity contribution is 7.14. The van der Waals surface area contributed by atoms with Crippen LogP contribution in [0.4, 0.5) is 11.4 Å². The molecule has 0 atom stereocenters. The highest BCUT2D eigenvalue weighted by atomic mass is 32.1. The van der Waals surface area contributed by atoms with Crippen molar-refractivity contribution in [2.24, 2.45) is 0 Å². The second-order valence-corrected chi connectivity index (χ2v) is 15.0. The summed E-state index contributed by atoms with van der Waals surface area (Å²) in [6.45, 7) is 4.13. The number of esters is 2. The summed E-state index contributed by atoms with van der Waals surface area (Å²) < 4.78 is 9.66. The third-order valence-corrected chi connectivity index (χ3v) is 12.1. The zero-order valence-corrected chi connectivity index (χ0v) is 29.5. The van der Waals surface area contributed by atoms with Crippen LogP contribution in [-0.4, -0.2) is 97.0 Å². The molecular formula is C36H36N6O6S2.